The van der Waals surface area contributed by atoms with Crippen molar-refractivity contribution in [3.8, 4) is 22.6 Å². The van der Waals surface area contributed by atoms with Crippen molar-refractivity contribution in [2.45, 2.75) is 18.5 Å². The van der Waals surface area contributed by atoms with Gasteiger partial charge < -0.3 is 24.3 Å². The number of aryl methyl sites for hydroxylation is 1. The zero-order valence-corrected chi connectivity index (χ0v) is 20.3. The molecule has 0 amide bonds. The van der Waals surface area contributed by atoms with Gasteiger partial charge in [-0.05, 0) is 47.5 Å². The number of aliphatic carboxylic acids is 2. The molecule has 1 atom stereocenters. The second-order valence-corrected chi connectivity index (χ2v) is 7.94. The second-order valence-electron chi connectivity index (χ2n) is 7.94. The summed E-state index contributed by atoms with van der Waals surface area (Å²) in [5, 5.41) is 14.2. The Kier molecular flexibility index (Phi) is 8.86. The van der Waals surface area contributed by atoms with Gasteiger partial charge in [-0.15, -0.1) is 0 Å². The number of alkyl halides is 6. The first-order chi connectivity index (χ1) is 18.7. The fourth-order valence-corrected chi connectivity index (χ4v) is 3.37. The Balaban J connectivity index is 0.000000263. The molecule has 0 fully saturated rings. The summed E-state index contributed by atoms with van der Waals surface area (Å²) < 4.78 is 77.5. The van der Waals surface area contributed by atoms with Crippen LogP contribution in [0.15, 0.2) is 67.0 Å². The van der Waals surface area contributed by atoms with E-state index in [1.807, 2.05) is 49.5 Å². The Hall–Kier alpha value is -4.82. The number of nitrogens with zero attached hydrogens (tertiary/aromatic N) is 3. The number of fused-ring (bicyclic) bond motifs is 2. The number of aromatic nitrogens is 3. The fraction of sp³-hybridized carbons (Fsp3) is 0.200. The SMILES string of the molecule is Cn1c(C2COc3ccccc3O2)nc2ccc(-c3ccncc3)cc21.O=C(O)C(F)(F)F.O=C(O)C(F)(F)F. The molecule has 5 rings (SSSR count). The van der Waals surface area contributed by atoms with Gasteiger partial charge in [-0.1, -0.05) is 18.2 Å². The third kappa shape index (κ3) is 7.39. The van der Waals surface area contributed by atoms with E-state index in [1.54, 1.807) is 12.4 Å². The molecule has 1 aliphatic rings. The molecule has 0 radical (unpaired) electrons. The lowest BCUT2D eigenvalue weighted by Crippen LogP contribution is -2.24. The second kappa shape index (κ2) is 11.9. The van der Waals surface area contributed by atoms with E-state index < -0.39 is 24.3 Å². The van der Waals surface area contributed by atoms with E-state index in [2.05, 4.69) is 21.7 Å². The summed E-state index contributed by atoms with van der Waals surface area (Å²) in [7, 11) is 2.02. The van der Waals surface area contributed by atoms with Crippen molar-refractivity contribution in [1.82, 2.24) is 14.5 Å². The number of carboxylic acids is 2. The Morgan fingerprint density at radius 1 is 0.875 bits per heavy atom. The minimum atomic E-state index is -5.08. The van der Waals surface area contributed by atoms with Gasteiger partial charge in [0.25, 0.3) is 0 Å². The summed E-state index contributed by atoms with van der Waals surface area (Å²) >= 11 is 0. The molecule has 0 saturated heterocycles. The molecule has 15 heteroatoms. The van der Waals surface area contributed by atoms with Gasteiger partial charge in [-0.25, -0.2) is 14.6 Å². The van der Waals surface area contributed by atoms with Crippen molar-refractivity contribution in [2.24, 2.45) is 7.05 Å². The Morgan fingerprint density at radius 2 is 1.43 bits per heavy atom. The first-order valence-electron chi connectivity index (χ1n) is 11.0. The molecule has 2 aromatic carbocycles. The number of para-hydroxylation sites is 2. The van der Waals surface area contributed by atoms with Crippen LogP contribution >= 0.6 is 0 Å². The van der Waals surface area contributed by atoms with E-state index in [9.17, 15) is 26.3 Å². The van der Waals surface area contributed by atoms with Crippen LogP contribution in [0.3, 0.4) is 0 Å². The van der Waals surface area contributed by atoms with E-state index in [1.165, 1.54) is 0 Å². The number of hydrogen-bond acceptors (Lipinski definition) is 6. The van der Waals surface area contributed by atoms with E-state index in [-0.39, 0.29) is 6.10 Å². The first kappa shape index (κ1) is 29.7. The third-order valence-corrected chi connectivity index (χ3v) is 5.21. The van der Waals surface area contributed by atoms with Gasteiger partial charge in [0.1, 0.15) is 6.61 Å². The van der Waals surface area contributed by atoms with Crippen LogP contribution in [-0.4, -0.2) is 55.6 Å². The van der Waals surface area contributed by atoms with Crippen LogP contribution in [0.5, 0.6) is 11.5 Å². The quantitative estimate of drug-likeness (QED) is 0.306. The van der Waals surface area contributed by atoms with Gasteiger partial charge in [-0.2, -0.15) is 26.3 Å². The maximum absolute atomic E-state index is 10.6. The highest BCUT2D eigenvalue weighted by Gasteiger charge is 2.38. The van der Waals surface area contributed by atoms with Crippen molar-refractivity contribution in [3.63, 3.8) is 0 Å². The van der Waals surface area contributed by atoms with E-state index in [0.29, 0.717) is 6.61 Å². The zero-order chi connectivity index (χ0) is 29.7. The molecule has 212 valence electrons. The maximum atomic E-state index is 10.6. The van der Waals surface area contributed by atoms with Crippen molar-refractivity contribution in [3.05, 3.63) is 72.8 Å². The van der Waals surface area contributed by atoms with Gasteiger partial charge in [0.15, 0.2) is 23.4 Å². The predicted molar refractivity (Wildman–Crippen MR) is 127 cm³/mol. The summed E-state index contributed by atoms with van der Waals surface area (Å²) in [6, 6.07) is 18.0. The van der Waals surface area contributed by atoms with Gasteiger partial charge in [0.2, 0.25) is 0 Å². The fourth-order valence-electron chi connectivity index (χ4n) is 3.37. The molecule has 0 bridgehead atoms. The highest BCUT2D eigenvalue weighted by molar-refractivity contribution is 5.82. The first-order valence-corrected chi connectivity index (χ1v) is 11.0. The number of halogens is 6. The van der Waals surface area contributed by atoms with Crippen LogP contribution in [0.1, 0.15) is 11.9 Å². The lowest BCUT2D eigenvalue weighted by Gasteiger charge is -2.25. The maximum Gasteiger partial charge on any atom is 0.490 e. The zero-order valence-electron chi connectivity index (χ0n) is 20.3. The molecule has 9 nitrogen and oxygen atoms in total. The van der Waals surface area contributed by atoms with Gasteiger partial charge >= 0.3 is 24.3 Å². The van der Waals surface area contributed by atoms with Crippen molar-refractivity contribution in [1.29, 1.82) is 0 Å². The molecule has 4 aromatic rings. The Morgan fingerprint density at radius 3 is 1.98 bits per heavy atom. The number of imidazole rings is 1. The molecule has 40 heavy (non-hydrogen) atoms. The monoisotopic (exact) mass is 571 g/mol. The van der Waals surface area contributed by atoms with E-state index in [4.69, 9.17) is 34.3 Å². The number of carboxylic acid groups (broad SMARTS) is 2. The summed E-state index contributed by atoms with van der Waals surface area (Å²) in [5.74, 6) is -3.11. The van der Waals surface area contributed by atoms with Crippen LogP contribution in [0.4, 0.5) is 26.3 Å². The normalized spacial score (nSPS) is 14.3. The molecular formula is C25H19F6N3O6. The van der Waals surface area contributed by atoms with Crippen molar-refractivity contribution in [2.75, 3.05) is 6.61 Å². The molecule has 0 saturated carbocycles. The summed E-state index contributed by atoms with van der Waals surface area (Å²) in [6.45, 7) is 0.450. The lowest BCUT2D eigenvalue weighted by molar-refractivity contribution is -0.193. The largest absolute Gasteiger partial charge is 0.490 e. The van der Waals surface area contributed by atoms with Crippen LogP contribution in [0.25, 0.3) is 22.2 Å². The highest BCUT2D eigenvalue weighted by atomic mass is 19.4. The van der Waals surface area contributed by atoms with Gasteiger partial charge in [0, 0.05) is 19.4 Å². The van der Waals surface area contributed by atoms with Gasteiger partial charge in [-0.3, -0.25) is 4.98 Å². The highest BCUT2D eigenvalue weighted by Crippen LogP contribution is 2.36. The van der Waals surface area contributed by atoms with E-state index in [0.717, 1.165) is 39.5 Å². The number of hydrogen-bond donors (Lipinski definition) is 2. The van der Waals surface area contributed by atoms with E-state index >= 15 is 0 Å². The smallest absolute Gasteiger partial charge is 0.485 e. The number of ether oxygens (including phenoxy) is 2. The molecule has 0 spiro atoms. The molecule has 1 aliphatic heterocycles. The number of carbonyl (C=O) groups is 2. The topological polar surface area (TPSA) is 124 Å². The van der Waals surface area contributed by atoms with Crippen molar-refractivity contribution >= 4 is 23.0 Å². The summed E-state index contributed by atoms with van der Waals surface area (Å²) in [6.07, 6.45) is -6.79. The third-order valence-electron chi connectivity index (χ3n) is 5.21. The molecule has 2 aromatic heterocycles. The number of pyridine rings is 1. The average molecular weight is 571 g/mol. The van der Waals surface area contributed by atoms with Crippen LogP contribution < -0.4 is 9.47 Å². The molecule has 1 unspecified atom stereocenters. The van der Waals surface area contributed by atoms with Crippen LogP contribution in [0.2, 0.25) is 0 Å². The number of rotatable bonds is 2. The Bertz CT molecular complexity index is 1460. The lowest BCUT2D eigenvalue weighted by atomic mass is 10.1. The summed E-state index contributed by atoms with van der Waals surface area (Å²) in [4.78, 5) is 26.7. The molecule has 3 heterocycles. The standard InChI is InChI=1S/C21H17N3O2.2C2HF3O2/c1-24-17-12-15(14-8-10-22-11-9-14)6-7-16(17)23-21(24)20-13-25-18-4-2-3-5-19(18)26-20;2*3-2(4,5)1(6)7/h2-12,20H,13H2,1H3;2*(H,6,7). The molecular weight excluding hydrogens is 552 g/mol. The van der Waals surface area contributed by atoms with Crippen LogP contribution in [-0.2, 0) is 16.6 Å². The minimum absolute atomic E-state index is 0.230. The Labute approximate surface area is 221 Å². The molecule has 2 N–H and O–H groups in total. The minimum Gasteiger partial charge on any atom is -0.485 e. The van der Waals surface area contributed by atoms with Crippen molar-refractivity contribution < 1.29 is 55.6 Å². The number of benzene rings is 2. The molecule has 0 aliphatic carbocycles. The average Bonchev–Trinajstić information content (AvgIpc) is 3.24. The predicted octanol–water partition coefficient (Wildman–Crippen LogP) is 5.41. The van der Waals surface area contributed by atoms with Crippen LogP contribution in [0, 0.1) is 0 Å². The van der Waals surface area contributed by atoms with Gasteiger partial charge in [0.05, 0.1) is 11.0 Å². The summed E-state index contributed by atoms with van der Waals surface area (Å²) in [5.41, 5.74) is 4.29.